The van der Waals surface area contributed by atoms with Crippen LogP contribution >= 0.6 is 0 Å². The molecule has 0 spiro atoms. The van der Waals surface area contributed by atoms with Crippen molar-refractivity contribution >= 4 is 22.1 Å². The number of unbranched alkanes of at least 4 members (excludes halogenated alkanes) is 2. The Morgan fingerprint density at radius 1 is 1.20 bits per heavy atom. The average Bonchev–Trinajstić information content (AvgIpc) is 2.45. The van der Waals surface area contributed by atoms with Crippen LogP contribution in [0.25, 0.3) is 10.8 Å². The summed E-state index contributed by atoms with van der Waals surface area (Å²) in [5, 5.41) is 2.20. The molecule has 1 aromatic carbocycles. The van der Waals surface area contributed by atoms with E-state index < -0.39 is 0 Å². The van der Waals surface area contributed by atoms with Gasteiger partial charge in [0.15, 0.2) is 0 Å². The van der Waals surface area contributed by atoms with Crippen LogP contribution in [0, 0.1) is 0 Å². The van der Waals surface area contributed by atoms with Crippen LogP contribution in [0.5, 0.6) is 0 Å². The van der Waals surface area contributed by atoms with E-state index in [-0.39, 0.29) is 0 Å². The highest BCUT2D eigenvalue weighted by molar-refractivity contribution is 5.98. The summed E-state index contributed by atoms with van der Waals surface area (Å²) in [6, 6.07) is 6.70. The van der Waals surface area contributed by atoms with Crippen LogP contribution in [0.2, 0.25) is 0 Å². The van der Waals surface area contributed by atoms with Crippen molar-refractivity contribution in [3.8, 4) is 0 Å². The molecule has 3 heteroatoms. The maximum Gasteiger partial charge on any atom is 0.0632 e. The number of nitrogens with two attached hydrogens (primary N) is 1. The maximum atomic E-state index is 6.39. The zero-order chi connectivity index (χ0) is 14.5. The van der Waals surface area contributed by atoms with Crippen molar-refractivity contribution in [3.63, 3.8) is 0 Å². The van der Waals surface area contributed by atoms with E-state index in [1.54, 1.807) is 6.20 Å². The average molecular weight is 271 g/mol. The van der Waals surface area contributed by atoms with Crippen molar-refractivity contribution in [1.82, 2.24) is 4.98 Å². The van der Waals surface area contributed by atoms with E-state index in [0.717, 1.165) is 28.7 Å². The van der Waals surface area contributed by atoms with Crippen molar-refractivity contribution in [2.45, 2.75) is 46.1 Å². The molecule has 0 saturated heterocycles. The van der Waals surface area contributed by atoms with E-state index >= 15 is 0 Å². The van der Waals surface area contributed by atoms with Crippen LogP contribution in [0.15, 0.2) is 30.6 Å². The predicted molar refractivity (Wildman–Crippen MR) is 88.2 cm³/mol. The molecular formula is C17H25N3. The number of nitrogen functional groups attached to an aromatic ring is 1. The number of hydrogen-bond donors (Lipinski definition) is 1. The zero-order valence-electron chi connectivity index (χ0n) is 12.8. The molecule has 2 aromatic rings. The smallest absolute Gasteiger partial charge is 0.0632 e. The van der Waals surface area contributed by atoms with E-state index in [9.17, 15) is 0 Å². The van der Waals surface area contributed by atoms with E-state index in [0.29, 0.717) is 6.04 Å². The Balaban J connectivity index is 2.35. The molecule has 0 aliphatic carbocycles. The number of hydrogen-bond acceptors (Lipinski definition) is 3. The Morgan fingerprint density at radius 2 is 2.00 bits per heavy atom. The van der Waals surface area contributed by atoms with Gasteiger partial charge in [-0.15, -0.1) is 0 Å². The molecule has 0 atom stereocenters. The second-order valence-corrected chi connectivity index (χ2v) is 5.59. The third kappa shape index (κ3) is 3.03. The van der Waals surface area contributed by atoms with Gasteiger partial charge in [0.25, 0.3) is 0 Å². The van der Waals surface area contributed by atoms with Crippen molar-refractivity contribution in [3.05, 3.63) is 30.6 Å². The minimum atomic E-state index is 0.452. The summed E-state index contributed by atoms with van der Waals surface area (Å²) in [5.41, 5.74) is 8.41. The first-order chi connectivity index (χ1) is 9.65. The fraction of sp³-hybridized carbons (Fsp3) is 0.471. The molecule has 0 unspecified atom stereocenters. The third-order valence-electron chi connectivity index (χ3n) is 3.77. The highest BCUT2D eigenvalue weighted by Gasteiger charge is 2.14. The lowest BCUT2D eigenvalue weighted by atomic mass is 10.1. The number of aromatic nitrogens is 1. The molecule has 0 aliphatic heterocycles. The van der Waals surface area contributed by atoms with Crippen LogP contribution in [0.4, 0.5) is 11.4 Å². The Labute approximate surface area is 121 Å². The molecule has 1 aromatic heterocycles. The largest absolute Gasteiger partial charge is 0.397 e. The van der Waals surface area contributed by atoms with Crippen LogP contribution in [0.3, 0.4) is 0 Å². The first-order valence-corrected chi connectivity index (χ1v) is 7.54. The van der Waals surface area contributed by atoms with Crippen molar-refractivity contribution in [2.75, 3.05) is 17.2 Å². The second kappa shape index (κ2) is 6.60. The van der Waals surface area contributed by atoms with E-state index in [1.165, 1.54) is 19.3 Å². The number of benzene rings is 1. The summed E-state index contributed by atoms with van der Waals surface area (Å²) in [7, 11) is 0. The summed E-state index contributed by atoms with van der Waals surface area (Å²) in [5.74, 6) is 0. The lowest BCUT2D eigenvalue weighted by Crippen LogP contribution is -2.32. The third-order valence-corrected chi connectivity index (χ3v) is 3.77. The van der Waals surface area contributed by atoms with Gasteiger partial charge in [-0.25, -0.2) is 0 Å². The number of pyridine rings is 1. The quantitative estimate of drug-likeness (QED) is 0.631. The summed E-state index contributed by atoms with van der Waals surface area (Å²) >= 11 is 0. The van der Waals surface area contributed by atoms with Gasteiger partial charge >= 0.3 is 0 Å². The minimum Gasteiger partial charge on any atom is -0.397 e. The molecule has 0 radical (unpaired) electrons. The zero-order valence-corrected chi connectivity index (χ0v) is 12.8. The highest BCUT2D eigenvalue weighted by atomic mass is 15.2. The van der Waals surface area contributed by atoms with Gasteiger partial charge in [-0.05, 0) is 32.4 Å². The molecule has 0 fully saturated rings. The van der Waals surface area contributed by atoms with Gasteiger partial charge < -0.3 is 10.6 Å². The summed E-state index contributed by atoms with van der Waals surface area (Å²) < 4.78 is 0. The molecule has 1 heterocycles. The van der Waals surface area contributed by atoms with Gasteiger partial charge in [-0.3, -0.25) is 4.98 Å². The molecule has 0 saturated carbocycles. The van der Waals surface area contributed by atoms with Gasteiger partial charge in [0.1, 0.15) is 0 Å². The first-order valence-electron chi connectivity index (χ1n) is 7.54. The molecule has 108 valence electrons. The van der Waals surface area contributed by atoms with Gasteiger partial charge in [0.05, 0.1) is 11.4 Å². The lowest BCUT2D eigenvalue weighted by Gasteiger charge is -2.30. The molecular weight excluding hydrogens is 246 g/mol. The van der Waals surface area contributed by atoms with Crippen LogP contribution in [-0.4, -0.2) is 17.6 Å². The predicted octanol–water partition coefficient (Wildman–Crippen LogP) is 4.22. The summed E-state index contributed by atoms with van der Waals surface area (Å²) in [6.07, 6.45) is 7.39. The molecule has 0 amide bonds. The van der Waals surface area contributed by atoms with Gasteiger partial charge in [0.2, 0.25) is 0 Å². The van der Waals surface area contributed by atoms with Gasteiger partial charge in [-0.2, -0.15) is 0 Å². The summed E-state index contributed by atoms with van der Waals surface area (Å²) in [4.78, 5) is 6.56. The van der Waals surface area contributed by atoms with Crippen LogP contribution in [0.1, 0.15) is 40.0 Å². The van der Waals surface area contributed by atoms with Crippen LogP contribution in [-0.2, 0) is 0 Å². The Morgan fingerprint density at radius 3 is 2.70 bits per heavy atom. The molecule has 2 rings (SSSR count). The molecule has 0 aliphatic rings. The van der Waals surface area contributed by atoms with Crippen molar-refractivity contribution < 1.29 is 0 Å². The SMILES string of the molecule is CCCCCN(c1ccc2cnccc2c1N)C(C)C. The molecule has 20 heavy (non-hydrogen) atoms. The lowest BCUT2D eigenvalue weighted by molar-refractivity contribution is 0.627. The Bertz CT molecular complexity index is 563. The minimum absolute atomic E-state index is 0.452. The van der Waals surface area contributed by atoms with E-state index in [2.05, 4.69) is 42.8 Å². The topological polar surface area (TPSA) is 42.2 Å². The fourth-order valence-electron chi connectivity index (χ4n) is 2.62. The number of fused-ring (bicyclic) bond motifs is 1. The normalized spacial score (nSPS) is 11.2. The van der Waals surface area contributed by atoms with E-state index in [4.69, 9.17) is 5.73 Å². The van der Waals surface area contributed by atoms with Crippen molar-refractivity contribution in [2.24, 2.45) is 0 Å². The first kappa shape index (κ1) is 14.6. The van der Waals surface area contributed by atoms with Gasteiger partial charge in [0, 0.05) is 35.8 Å². The highest BCUT2D eigenvalue weighted by Crippen LogP contribution is 2.32. The number of rotatable bonds is 6. The monoisotopic (exact) mass is 271 g/mol. The Hall–Kier alpha value is -1.77. The molecule has 2 N–H and O–H groups in total. The molecule has 0 bridgehead atoms. The summed E-state index contributed by atoms with van der Waals surface area (Å²) in [6.45, 7) is 7.74. The fourth-order valence-corrected chi connectivity index (χ4v) is 2.62. The Kier molecular flexibility index (Phi) is 4.83. The van der Waals surface area contributed by atoms with E-state index in [1.807, 2.05) is 12.3 Å². The second-order valence-electron chi connectivity index (χ2n) is 5.59. The van der Waals surface area contributed by atoms with Crippen molar-refractivity contribution in [1.29, 1.82) is 0 Å². The van der Waals surface area contributed by atoms with Crippen LogP contribution < -0.4 is 10.6 Å². The number of nitrogens with zero attached hydrogens (tertiary/aromatic N) is 2. The maximum absolute atomic E-state index is 6.39. The van der Waals surface area contributed by atoms with Gasteiger partial charge in [-0.1, -0.05) is 25.8 Å². The standard InChI is InChI=1S/C17H25N3/c1-4-5-6-11-20(13(2)3)16-8-7-14-12-19-10-9-15(14)17(16)18/h7-10,12-13H,4-6,11,18H2,1-3H3. The molecule has 3 nitrogen and oxygen atoms in total. The number of anilines is 2.